The maximum atomic E-state index is 11.5. The molecule has 0 fully saturated rings. The van der Waals surface area contributed by atoms with E-state index < -0.39 is 0 Å². The van der Waals surface area contributed by atoms with Gasteiger partial charge in [0.15, 0.2) is 0 Å². The Hall–Kier alpha value is -1.77. The predicted molar refractivity (Wildman–Crippen MR) is 66.1 cm³/mol. The fraction of sp³-hybridized carbons (Fsp3) is 0.308. The maximum absolute atomic E-state index is 11.5. The van der Waals surface area contributed by atoms with Crippen LogP contribution in [0.25, 0.3) is 11.0 Å². The zero-order valence-electron chi connectivity index (χ0n) is 9.76. The number of nitrogens with one attached hydrogen (secondary N) is 1. The number of rotatable bonds is 2. The van der Waals surface area contributed by atoms with Crippen LogP contribution in [-0.4, -0.2) is 6.54 Å². The Kier molecular flexibility index (Phi) is 2.69. The molecule has 2 aromatic rings. The average Bonchev–Trinajstić information content (AvgIpc) is 2.26. The van der Waals surface area contributed by atoms with Gasteiger partial charge in [0.1, 0.15) is 5.58 Å². The van der Waals surface area contributed by atoms with E-state index in [0.717, 1.165) is 23.2 Å². The molecule has 0 amide bonds. The van der Waals surface area contributed by atoms with Crippen LogP contribution in [0.4, 0.5) is 5.69 Å². The minimum atomic E-state index is -0.251. The van der Waals surface area contributed by atoms with Gasteiger partial charge in [0.05, 0.1) is 0 Å². The Morgan fingerprint density at radius 2 is 2.00 bits per heavy atom. The van der Waals surface area contributed by atoms with Crippen LogP contribution in [0.15, 0.2) is 27.4 Å². The van der Waals surface area contributed by atoms with E-state index in [0.29, 0.717) is 11.1 Å². The molecule has 0 spiro atoms. The number of fused-ring (bicyclic) bond motifs is 1. The van der Waals surface area contributed by atoms with E-state index in [-0.39, 0.29) is 5.63 Å². The number of anilines is 1. The minimum absolute atomic E-state index is 0.251. The highest BCUT2D eigenvalue weighted by molar-refractivity contribution is 5.84. The van der Waals surface area contributed by atoms with E-state index in [9.17, 15) is 4.79 Å². The number of aryl methyl sites for hydroxylation is 1. The average molecular weight is 217 g/mol. The van der Waals surface area contributed by atoms with Gasteiger partial charge in [-0.2, -0.15) is 0 Å². The smallest absolute Gasteiger partial charge is 0.339 e. The van der Waals surface area contributed by atoms with Crippen LogP contribution in [0.2, 0.25) is 0 Å². The van der Waals surface area contributed by atoms with Crippen molar-refractivity contribution in [2.45, 2.75) is 20.8 Å². The number of hydrogen-bond donors (Lipinski definition) is 1. The highest BCUT2D eigenvalue weighted by atomic mass is 16.4. The van der Waals surface area contributed by atoms with Crippen molar-refractivity contribution in [3.8, 4) is 0 Å². The van der Waals surface area contributed by atoms with E-state index in [1.165, 1.54) is 0 Å². The normalized spacial score (nSPS) is 10.7. The second-order valence-electron chi connectivity index (χ2n) is 3.88. The monoisotopic (exact) mass is 217 g/mol. The van der Waals surface area contributed by atoms with Gasteiger partial charge in [-0.15, -0.1) is 0 Å². The summed E-state index contributed by atoms with van der Waals surface area (Å²) in [4.78, 5) is 11.5. The van der Waals surface area contributed by atoms with Crippen molar-refractivity contribution >= 4 is 16.7 Å². The first-order valence-corrected chi connectivity index (χ1v) is 5.41. The first-order chi connectivity index (χ1) is 7.63. The topological polar surface area (TPSA) is 42.2 Å². The fourth-order valence-corrected chi connectivity index (χ4v) is 1.76. The van der Waals surface area contributed by atoms with Gasteiger partial charge < -0.3 is 9.73 Å². The molecule has 0 aliphatic rings. The highest BCUT2D eigenvalue weighted by Crippen LogP contribution is 2.22. The second-order valence-corrected chi connectivity index (χ2v) is 3.88. The molecule has 0 bridgehead atoms. The second kappa shape index (κ2) is 4.00. The third-order valence-electron chi connectivity index (χ3n) is 2.84. The molecular weight excluding hydrogens is 202 g/mol. The lowest BCUT2D eigenvalue weighted by Gasteiger charge is -2.07. The summed E-state index contributed by atoms with van der Waals surface area (Å²) < 4.78 is 5.26. The molecule has 0 aliphatic carbocycles. The summed E-state index contributed by atoms with van der Waals surface area (Å²) in [5.41, 5.74) is 3.05. The maximum Gasteiger partial charge on any atom is 0.339 e. The molecule has 0 saturated carbocycles. The van der Waals surface area contributed by atoms with Gasteiger partial charge in [-0.25, -0.2) is 4.79 Å². The van der Waals surface area contributed by atoms with Crippen molar-refractivity contribution in [3.05, 3.63) is 39.7 Å². The van der Waals surface area contributed by atoms with Gasteiger partial charge in [0, 0.05) is 29.2 Å². The Morgan fingerprint density at radius 1 is 1.25 bits per heavy atom. The van der Waals surface area contributed by atoms with E-state index in [1.807, 2.05) is 32.0 Å². The van der Waals surface area contributed by atoms with Crippen LogP contribution in [-0.2, 0) is 0 Å². The van der Waals surface area contributed by atoms with E-state index >= 15 is 0 Å². The summed E-state index contributed by atoms with van der Waals surface area (Å²) in [7, 11) is 0. The van der Waals surface area contributed by atoms with Gasteiger partial charge in [-0.05, 0) is 38.5 Å². The van der Waals surface area contributed by atoms with Crippen molar-refractivity contribution in [3.63, 3.8) is 0 Å². The largest absolute Gasteiger partial charge is 0.422 e. The van der Waals surface area contributed by atoms with Crippen molar-refractivity contribution in [1.29, 1.82) is 0 Å². The predicted octanol–water partition coefficient (Wildman–Crippen LogP) is 2.84. The lowest BCUT2D eigenvalue weighted by atomic mass is 10.1. The van der Waals surface area contributed by atoms with Crippen LogP contribution in [0.3, 0.4) is 0 Å². The van der Waals surface area contributed by atoms with Crippen molar-refractivity contribution in [2.24, 2.45) is 0 Å². The zero-order chi connectivity index (χ0) is 11.7. The van der Waals surface area contributed by atoms with Gasteiger partial charge in [0.25, 0.3) is 0 Å². The van der Waals surface area contributed by atoms with Crippen molar-refractivity contribution < 1.29 is 4.42 Å². The lowest BCUT2D eigenvalue weighted by molar-refractivity contribution is 0.554. The Morgan fingerprint density at radius 3 is 2.69 bits per heavy atom. The molecule has 1 N–H and O–H groups in total. The molecule has 0 unspecified atom stereocenters. The summed E-state index contributed by atoms with van der Waals surface area (Å²) >= 11 is 0. The summed E-state index contributed by atoms with van der Waals surface area (Å²) in [5, 5.41) is 4.19. The number of hydrogen-bond acceptors (Lipinski definition) is 3. The Balaban J connectivity index is 2.71. The molecule has 16 heavy (non-hydrogen) atoms. The molecule has 1 heterocycles. The molecule has 0 radical (unpaired) electrons. The molecule has 0 saturated heterocycles. The lowest BCUT2D eigenvalue weighted by Crippen LogP contribution is -2.06. The Bertz CT molecular complexity index is 584. The molecule has 0 aliphatic heterocycles. The first-order valence-electron chi connectivity index (χ1n) is 5.41. The first kappa shape index (κ1) is 10.7. The van der Waals surface area contributed by atoms with Crippen LogP contribution >= 0.6 is 0 Å². The minimum Gasteiger partial charge on any atom is -0.422 e. The van der Waals surface area contributed by atoms with E-state index in [2.05, 4.69) is 5.32 Å². The molecule has 1 aromatic heterocycles. The molecular formula is C13H15NO2. The zero-order valence-corrected chi connectivity index (χ0v) is 9.76. The van der Waals surface area contributed by atoms with E-state index in [4.69, 9.17) is 4.42 Å². The summed E-state index contributed by atoms with van der Waals surface area (Å²) in [6.07, 6.45) is 0. The molecule has 0 atom stereocenters. The molecule has 84 valence electrons. The number of benzene rings is 1. The fourth-order valence-electron chi connectivity index (χ4n) is 1.76. The van der Waals surface area contributed by atoms with Gasteiger partial charge in [0.2, 0.25) is 0 Å². The van der Waals surface area contributed by atoms with Gasteiger partial charge in [-0.3, -0.25) is 0 Å². The summed E-state index contributed by atoms with van der Waals surface area (Å²) in [6, 6.07) is 5.85. The van der Waals surface area contributed by atoms with Crippen LogP contribution in [0.5, 0.6) is 0 Å². The highest BCUT2D eigenvalue weighted by Gasteiger charge is 2.07. The molecule has 3 nitrogen and oxygen atoms in total. The molecule has 1 aromatic carbocycles. The summed E-state index contributed by atoms with van der Waals surface area (Å²) in [5.74, 6) is 0. The Labute approximate surface area is 94.1 Å². The standard InChI is InChI=1S/C13H15NO2/c1-4-14-10-5-6-11-8(2)9(3)13(15)16-12(11)7-10/h5-7,14H,4H2,1-3H3. The van der Waals surface area contributed by atoms with Gasteiger partial charge in [-0.1, -0.05) is 0 Å². The van der Waals surface area contributed by atoms with Crippen LogP contribution in [0, 0.1) is 13.8 Å². The molecule has 2 rings (SSSR count). The molecule has 3 heteroatoms. The van der Waals surface area contributed by atoms with E-state index in [1.54, 1.807) is 6.92 Å². The van der Waals surface area contributed by atoms with Crippen LogP contribution in [0.1, 0.15) is 18.1 Å². The SMILES string of the molecule is CCNc1ccc2c(C)c(C)c(=O)oc2c1. The van der Waals surface area contributed by atoms with Crippen molar-refractivity contribution in [2.75, 3.05) is 11.9 Å². The third kappa shape index (κ3) is 1.69. The quantitative estimate of drug-likeness (QED) is 0.786. The summed E-state index contributed by atoms with van der Waals surface area (Å²) in [6.45, 7) is 6.61. The van der Waals surface area contributed by atoms with Crippen LogP contribution < -0.4 is 10.9 Å². The third-order valence-corrected chi connectivity index (χ3v) is 2.84. The van der Waals surface area contributed by atoms with Gasteiger partial charge >= 0.3 is 5.63 Å². The van der Waals surface area contributed by atoms with Crippen molar-refractivity contribution in [1.82, 2.24) is 0 Å².